The topological polar surface area (TPSA) is 125 Å². The fourth-order valence-electron chi connectivity index (χ4n) is 5.53. The van der Waals surface area contributed by atoms with Gasteiger partial charge in [-0.15, -0.1) is 0 Å². The first-order valence-corrected chi connectivity index (χ1v) is 17.6. The van der Waals surface area contributed by atoms with Crippen LogP contribution in [0.5, 0.6) is 5.75 Å². The Balaban J connectivity index is 1.66. The summed E-state index contributed by atoms with van der Waals surface area (Å²) in [6.45, 7) is 8.25. The third-order valence-electron chi connectivity index (χ3n) is 8.46. The van der Waals surface area contributed by atoms with Crippen LogP contribution in [0.3, 0.4) is 0 Å². The first kappa shape index (κ1) is 35.9. The van der Waals surface area contributed by atoms with Crippen LogP contribution in [0.25, 0.3) is 0 Å². The summed E-state index contributed by atoms with van der Waals surface area (Å²) in [5.41, 5.74) is 1.90. The van der Waals surface area contributed by atoms with E-state index in [0.717, 1.165) is 18.4 Å². The Bertz CT molecular complexity index is 1600. The number of anilines is 1. The SMILES string of the molecule is Cc1ccc(S(=O)(=O)Nc2ccc3c(c2)C(=O)N([C@H](C)CO)C[C@H](C)[C@@H](CN(C)C(=O)c2ccccc2)OCCCC[C@@H](C)O3)cc1. The van der Waals surface area contributed by atoms with Crippen molar-refractivity contribution in [1.29, 1.82) is 0 Å². The van der Waals surface area contributed by atoms with Crippen molar-refractivity contribution in [2.24, 2.45) is 5.92 Å². The molecule has 4 atom stereocenters. The van der Waals surface area contributed by atoms with Crippen LogP contribution in [-0.2, 0) is 14.8 Å². The molecule has 0 spiro atoms. The molecule has 0 saturated heterocycles. The Morgan fingerprint density at radius 3 is 2.45 bits per heavy atom. The molecule has 1 aliphatic heterocycles. The predicted octanol–water partition coefficient (Wildman–Crippen LogP) is 5.36. The number of sulfonamides is 1. The van der Waals surface area contributed by atoms with Gasteiger partial charge in [-0.3, -0.25) is 14.3 Å². The number of hydrogen-bond donors (Lipinski definition) is 2. The molecular weight excluding hydrogens is 618 g/mol. The number of benzene rings is 3. The molecule has 2 N–H and O–H groups in total. The summed E-state index contributed by atoms with van der Waals surface area (Å²) in [6.07, 6.45) is 1.70. The van der Waals surface area contributed by atoms with Crippen molar-refractivity contribution in [3.05, 3.63) is 89.5 Å². The second kappa shape index (κ2) is 16.3. The minimum Gasteiger partial charge on any atom is -0.490 e. The van der Waals surface area contributed by atoms with Crippen molar-refractivity contribution in [3.63, 3.8) is 0 Å². The van der Waals surface area contributed by atoms with Gasteiger partial charge in [0.25, 0.3) is 21.8 Å². The van der Waals surface area contributed by atoms with Crippen molar-refractivity contribution < 1.29 is 32.6 Å². The second-order valence-electron chi connectivity index (χ2n) is 12.5. The summed E-state index contributed by atoms with van der Waals surface area (Å²) < 4.78 is 41.6. The van der Waals surface area contributed by atoms with Crippen LogP contribution in [0.4, 0.5) is 5.69 Å². The van der Waals surface area contributed by atoms with Gasteiger partial charge in [0.1, 0.15) is 5.75 Å². The number of aryl methyl sites for hydroxylation is 1. The second-order valence-corrected chi connectivity index (χ2v) is 14.2. The maximum Gasteiger partial charge on any atom is 0.261 e. The summed E-state index contributed by atoms with van der Waals surface area (Å²) in [5.74, 6) is -0.436. The number of fused-ring (bicyclic) bond motifs is 1. The third kappa shape index (κ3) is 9.56. The van der Waals surface area contributed by atoms with Gasteiger partial charge < -0.3 is 24.4 Å². The first-order valence-electron chi connectivity index (χ1n) is 16.1. The zero-order valence-corrected chi connectivity index (χ0v) is 28.7. The van der Waals surface area contributed by atoms with Crippen LogP contribution in [0, 0.1) is 12.8 Å². The number of aliphatic hydroxyl groups excluding tert-OH is 1. The minimum absolute atomic E-state index is 0.102. The molecule has 0 bridgehead atoms. The summed E-state index contributed by atoms with van der Waals surface area (Å²) in [6, 6.07) is 19.7. The van der Waals surface area contributed by atoms with E-state index in [1.165, 1.54) is 18.2 Å². The normalized spacial score (nSPS) is 20.3. The van der Waals surface area contributed by atoms with E-state index in [2.05, 4.69) is 4.72 Å². The lowest BCUT2D eigenvalue weighted by molar-refractivity contribution is -0.0149. The zero-order chi connectivity index (χ0) is 34.1. The van der Waals surface area contributed by atoms with Crippen LogP contribution in [0.15, 0.2) is 77.7 Å². The Labute approximate surface area is 278 Å². The van der Waals surface area contributed by atoms with Crippen molar-refractivity contribution >= 4 is 27.5 Å². The smallest absolute Gasteiger partial charge is 0.261 e. The van der Waals surface area contributed by atoms with Crippen LogP contribution in [0.1, 0.15) is 66.3 Å². The van der Waals surface area contributed by atoms with Crippen molar-refractivity contribution in [3.8, 4) is 5.75 Å². The van der Waals surface area contributed by atoms with Crippen LogP contribution in [-0.4, -0.2) is 86.7 Å². The number of nitrogens with one attached hydrogen (secondary N) is 1. The molecule has 1 heterocycles. The van der Waals surface area contributed by atoms with E-state index in [0.29, 0.717) is 30.9 Å². The van der Waals surface area contributed by atoms with Gasteiger partial charge in [0.2, 0.25) is 0 Å². The molecular formula is C36H47N3O7S. The van der Waals surface area contributed by atoms with Crippen molar-refractivity contribution in [2.75, 3.05) is 38.1 Å². The molecule has 4 rings (SSSR count). The molecule has 0 aromatic heterocycles. The molecule has 0 radical (unpaired) electrons. The van der Waals surface area contributed by atoms with Gasteiger partial charge in [0.05, 0.1) is 35.3 Å². The lowest BCUT2D eigenvalue weighted by Gasteiger charge is -2.36. The van der Waals surface area contributed by atoms with Crippen LogP contribution in [0.2, 0.25) is 0 Å². The van der Waals surface area contributed by atoms with Crippen LogP contribution < -0.4 is 9.46 Å². The lowest BCUT2D eigenvalue weighted by atomic mass is 10.0. The molecule has 3 aromatic rings. The van der Waals surface area contributed by atoms with Gasteiger partial charge in [-0.25, -0.2) is 8.42 Å². The molecule has 0 saturated carbocycles. The molecule has 2 amide bonds. The van der Waals surface area contributed by atoms with Crippen molar-refractivity contribution in [2.45, 2.75) is 70.1 Å². The van der Waals surface area contributed by atoms with Gasteiger partial charge in [0, 0.05) is 43.9 Å². The number of aliphatic hydroxyl groups is 1. The first-order chi connectivity index (χ1) is 22.4. The van der Waals surface area contributed by atoms with E-state index in [4.69, 9.17) is 9.47 Å². The number of rotatable bonds is 8. The molecule has 254 valence electrons. The highest BCUT2D eigenvalue weighted by atomic mass is 32.2. The van der Waals surface area contributed by atoms with E-state index in [9.17, 15) is 23.1 Å². The average molecular weight is 666 g/mol. The third-order valence-corrected chi connectivity index (χ3v) is 9.85. The number of nitrogens with zero attached hydrogens (tertiary/aromatic N) is 2. The maximum atomic E-state index is 14.4. The average Bonchev–Trinajstić information content (AvgIpc) is 3.06. The van der Waals surface area contributed by atoms with Crippen LogP contribution >= 0.6 is 0 Å². The molecule has 0 fully saturated rings. The number of amides is 2. The Morgan fingerprint density at radius 1 is 1.06 bits per heavy atom. The maximum absolute atomic E-state index is 14.4. The van der Waals surface area contributed by atoms with E-state index < -0.39 is 28.1 Å². The summed E-state index contributed by atoms with van der Waals surface area (Å²) >= 11 is 0. The Kier molecular flexibility index (Phi) is 12.4. The monoisotopic (exact) mass is 665 g/mol. The standard InChI is InChI=1S/C36H47N3O7S/c1-25-14-17-31(18-15-25)47(43,44)37-30-16-19-33-32(21-30)36(42)39(27(3)24-40)22-26(2)34(45-20-10-9-11-28(4)46-33)23-38(5)35(41)29-12-7-6-8-13-29/h6-8,12-19,21,26-28,34,37,40H,9-11,20,22-24H2,1-5H3/t26-,27+,28+,34+/m0/s1. The Hall–Kier alpha value is -3.93. The minimum atomic E-state index is -3.93. The highest BCUT2D eigenvalue weighted by Gasteiger charge is 2.31. The molecule has 0 unspecified atom stereocenters. The number of carbonyl (C=O) groups is 2. The highest BCUT2D eigenvalue weighted by Crippen LogP contribution is 2.29. The van der Waals surface area contributed by atoms with Gasteiger partial charge in [0.15, 0.2) is 0 Å². The number of hydrogen-bond acceptors (Lipinski definition) is 7. The van der Waals surface area contributed by atoms with Gasteiger partial charge in [-0.2, -0.15) is 0 Å². The summed E-state index contributed by atoms with van der Waals surface area (Å²) in [5, 5.41) is 10.2. The largest absolute Gasteiger partial charge is 0.490 e. The number of carbonyl (C=O) groups excluding carboxylic acids is 2. The molecule has 10 nitrogen and oxygen atoms in total. The summed E-state index contributed by atoms with van der Waals surface area (Å²) in [4.78, 5) is 30.8. The van der Waals surface area contributed by atoms with Gasteiger partial charge in [-0.1, -0.05) is 42.8 Å². The fourth-order valence-corrected chi connectivity index (χ4v) is 6.58. The molecule has 11 heteroatoms. The van der Waals surface area contributed by atoms with E-state index in [-0.39, 0.29) is 47.2 Å². The highest BCUT2D eigenvalue weighted by molar-refractivity contribution is 7.92. The predicted molar refractivity (Wildman–Crippen MR) is 182 cm³/mol. The molecule has 47 heavy (non-hydrogen) atoms. The zero-order valence-electron chi connectivity index (χ0n) is 27.9. The molecule has 3 aromatic carbocycles. The molecule has 0 aliphatic carbocycles. The lowest BCUT2D eigenvalue weighted by Crippen LogP contribution is -2.48. The van der Waals surface area contributed by atoms with E-state index in [1.807, 2.05) is 39.0 Å². The van der Waals surface area contributed by atoms with Crippen molar-refractivity contribution in [1.82, 2.24) is 9.80 Å². The number of likely N-dealkylation sites (N-methyl/N-ethyl adjacent to an activating group) is 1. The van der Waals surface area contributed by atoms with Gasteiger partial charge in [-0.05, 0) is 82.5 Å². The Morgan fingerprint density at radius 2 is 1.77 bits per heavy atom. The van der Waals surface area contributed by atoms with E-state index in [1.54, 1.807) is 60.2 Å². The molecule has 1 aliphatic rings. The quantitative estimate of drug-likeness (QED) is 0.332. The van der Waals surface area contributed by atoms with Gasteiger partial charge >= 0.3 is 0 Å². The fraction of sp³-hybridized carbons (Fsp3) is 0.444. The number of ether oxygens (including phenoxy) is 2. The summed E-state index contributed by atoms with van der Waals surface area (Å²) in [7, 11) is -2.19. The van der Waals surface area contributed by atoms with E-state index >= 15 is 0 Å².